The van der Waals surface area contributed by atoms with Crippen molar-refractivity contribution in [1.82, 2.24) is 10.1 Å². The number of β-amino-alcohol motifs (C(OH)–C–C–N with tert-alkyl or cyclic N) is 1. The van der Waals surface area contributed by atoms with Crippen molar-refractivity contribution in [1.29, 1.82) is 0 Å². The minimum atomic E-state index is -4.60. The van der Waals surface area contributed by atoms with E-state index in [0.717, 1.165) is 17.8 Å². The Bertz CT molecular complexity index is 753. The van der Waals surface area contributed by atoms with E-state index in [1.165, 1.54) is 6.92 Å². The van der Waals surface area contributed by atoms with Crippen molar-refractivity contribution in [3.63, 3.8) is 0 Å². The summed E-state index contributed by atoms with van der Waals surface area (Å²) in [5, 5.41) is 13.2. The number of alkyl halides is 3. The van der Waals surface area contributed by atoms with Crippen molar-refractivity contribution in [2.24, 2.45) is 0 Å². The number of likely N-dealkylation sites (tertiary alicyclic amines) is 1. The van der Waals surface area contributed by atoms with E-state index in [4.69, 9.17) is 0 Å². The maximum Gasteiger partial charge on any atom is 0.452 e. The Labute approximate surface area is 139 Å². The second-order valence-electron chi connectivity index (χ2n) is 5.69. The van der Waals surface area contributed by atoms with Gasteiger partial charge in [-0.15, -0.1) is 11.3 Å². The molecule has 1 aliphatic rings. The van der Waals surface area contributed by atoms with Gasteiger partial charge in [-0.2, -0.15) is 13.2 Å². The second-order valence-corrected chi connectivity index (χ2v) is 6.78. The first kappa shape index (κ1) is 17.0. The van der Waals surface area contributed by atoms with Crippen molar-refractivity contribution in [3.8, 4) is 10.6 Å². The summed E-state index contributed by atoms with van der Waals surface area (Å²) in [4.78, 5) is 14.8. The zero-order chi connectivity index (χ0) is 17.5. The molecule has 0 aliphatic carbocycles. The van der Waals surface area contributed by atoms with Gasteiger partial charge in [-0.25, -0.2) is 0 Å². The number of nitrogens with zero attached hydrogens (tertiary/aromatic N) is 2. The molecule has 0 aromatic carbocycles. The molecule has 1 amide bonds. The third-order valence-corrected chi connectivity index (χ3v) is 5.00. The van der Waals surface area contributed by atoms with Gasteiger partial charge in [-0.3, -0.25) is 4.79 Å². The molecule has 1 N–H and O–H groups in total. The van der Waals surface area contributed by atoms with Gasteiger partial charge < -0.3 is 14.5 Å². The van der Waals surface area contributed by atoms with Crippen LogP contribution in [-0.4, -0.2) is 40.3 Å². The molecule has 0 spiro atoms. The van der Waals surface area contributed by atoms with Crippen molar-refractivity contribution in [2.75, 3.05) is 13.1 Å². The van der Waals surface area contributed by atoms with Crippen LogP contribution in [0.25, 0.3) is 10.6 Å². The number of hydrogen-bond donors (Lipinski definition) is 1. The Morgan fingerprint density at radius 3 is 2.83 bits per heavy atom. The van der Waals surface area contributed by atoms with Gasteiger partial charge >= 0.3 is 6.18 Å². The minimum absolute atomic E-state index is 0.0880. The Morgan fingerprint density at radius 2 is 2.21 bits per heavy atom. The van der Waals surface area contributed by atoms with E-state index in [2.05, 4.69) is 9.68 Å². The molecule has 3 rings (SSSR count). The maximum absolute atomic E-state index is 12.8. The lowest BCUT2D eigenvalue weighted by molar-refractivity contribution is -0.156. The Kier molecular flexibility index (Phi) is 4.39. The molecular weight excluding hydrogens is 345 g/mol. The van der Waals surface area contributed by atoms with Crippen LogP contribution in [0.15, 0.2) is 16.7 Å². The molecule has 3 heterocycles. The van der Waals surface area contributed by atoms with Crippen LogP contribution in [0.5, 0.6) is 0 Å². The van der Waals surface area contributed by atoms with Crippen LogP contribution >= 0.6 is 11.3 Å². The zero-order valence-electron chi connectivity index (χ0n) is 12.8. The molecule has 1 atom stereocenters. The number of hydrogen-bond acceptors (Lipinski definition) is 5. The fraction of sp³-hybridized carbons (Fsp3) is 0.467. The van der Waals surface area contributed by atoms with E-state index in [1.807, 2.05) is 0 Å². The van der Waals surface area contributed by atoms with Crippen LogP contribution in [0, 0.1) is 6.92 Å². The number of thiophene rings is 1. The van der Waals surface area contributed by atoms with Crippen LogP contribution in [0.1, 0.15) is 33.8 Å². The summed E-state index contributed by atoms with van der Waals surface area (Å²) in [6.45, 7) is 2.12. The van der Waals surface area contributed by atoms with Gasteiger partial charge in [0.15, 0.2) is 0 Å². The molecule has 2 aromatic heterocycles. The zero-order valence-corrected chi connectivity index (χ0v) is 13.6. The molecule has 1 unspecified atom stereocenters. The fourth-order valence-corrected chi connectivity index (χ4v) is 3.72. The molecule has 0 bridgehead atoms. The smallest absolute Gasteiger partial charge is 0.391 e. The summed E-state index contributed by atoms with van der Waals surface area (Å²) < 4.78 is 42.7. The molecule has 2 aromatic rings. The van der Waals surface area contributed by atoms with Crippen LogP contribution in [0.4, 0.5) is 13.2 Å². The fourth-order valence-electron chi connectivity index (χ4n) is 2.71. The lowest BCUT2D eigenvalue weighted by atomic mass is 10.1. The van der Waals surface area contributed by atoms with Crippen molar-refractivity contribution in [2.45, 2.75) is 32.0 Å². The molecule has 1 fully saturated rings. The average Bonchev–Trinajstić information content (AvgIpc) is 3.12. The Balaban J connectivity index is 1.83. The molecule has 0 saturated carbocycles. The van der Waals surface area contributed by atoms with Gasteiger partial charge in [0.25, 0.3) is 5.91 Å². The number of aliphatic hydroxyl groups is 1. The number of carbonyl (C=O) groups excluding carboxylic acids is 1. The molecular formula is C15H15F3N2O3S. The van der Waals surface area contributed by atoms with Crippen LogP contribution < -0.4 is 0 Å². The predicted molar refractivity (Wildman–Crippen MR) is 80.7 cm³/mol. The van der Waals surface area contributed by atoms with Crippen molar-refractivity contribution in [3.05, 3.63) is 28.3 Å². The lowest BCUT2D eigenvalue weighted by Crippen LogP contribution is -2.41. The first-order valence-corrected chi connectivity index (χ1v) is 8.20. The summed E-state index contributed by atoms with van der Waals surface area (Å²) in [5.74, 6) is -1.36. The first-order chi connectivity index (χ1) is 11.3. The number of halogens is 3. The summed E-state index contributed by atoms with van der Waals surface area (Å²) in [6, 6.07) is 3.12. The van der Waals surface area contributed by atoms with Crippen LogP contribution in [0.3, 0.4) is 0 Å². The third-order valence-electron chi connectivity index (χ3n) is 3.92. The van der Waals surface area contributed by atoms with Crippen molar-refractivity contribution >= 4 is 17.2 Å². The van der Waals surface area contributed by atoms with E-state index < -0.39 is 18.0 Å². The SMILES string of the molecule is Cc1c(-c2ccc(C(=O)N3CCCC(O)C3)s2)noc1C(F)(F)F. The van der Waals surface area contributed by atoms with E-state index >= 15 is 0 Å². The number of aliphatic hydroxyl groups excluding tert-OH is 1. The molecule has 0 radical (unpaired) electrons. The Hall–Kier alpha value is -1.87. The lowest BCUT2D eigenvalue weighted by Gasteiger charge is -2.29. The van der Waals surface area contributed by atoms with Gasteiger partial charge in [0.1, 0.15) is 5.69 Å². The van der Waals surface area contributed by atoms with Crippen molar-refractivity contribution < 1.29 is 27.6 Å². The monoisotopic (exact) mass is 360 g/mol. The van der Waals surface area contributed by atoms with Gasteiger partial charge in [0.05, 0.1) is 15.9 Å². The Morgan fingerprint density at radius 1 is 1.46 bits per heavy atom. The van der Waals surface area contributed by atoms with E-state index in [1.54, 1.807) is 17.0 Å². The number of carbonyl (C=O) groups is 1. The highest BCUT2D eigenvalue weighted by Gasteiger charge is 2.39. The molecule has 24 heavy (non-hydrogen) atoms. The summed E-state index contributed by atoms with van der Waals surface area (Å²) in [7, 11) is 0. The maximum atomic E-state index is 12.8. The van der Waals surface area contributed by atoms with Gasteiger partial charge in [0, 0.05) is 18.7 Å². The normalized spacial score (nSPS) is 18.9. The molecule has 1 aliphatic heterocycles. The standard InChI is InChI=1S/C15H15F3N2O3S/c1-8-12(19-23-13(8)15(16,17)18)10-4-5-11(24-10)14(22)20-6-2-3-9(21)7-20/h4-5,9,21H,2-3,6-7H2,1H3. The van der Waals surface area contributed by atoms with Crippen LogP contribution in [-0.2, 0) is 6.18 Å². The molecule has 130 valence electrons. The number of rotatable bonds is 2. The van der Waals surface area contributed by atoms with E-state index in [0.29, 0.717) is 22.7 Å². The van der Waals surface area contributed by atoms with Gasteiger partial charge in [0.2, 0.25) is 5.76 Å². The first-order valence-electron chi connectivity index (χ1n) is 7.38. The quantitative estimate of drug-likeness (QED) is 0.892. The highest BCUT2D eigenvalue weighted by molar-refractivity contribution is 7.17. The van der Waals surface area contributed by atoms with Gasteiger partial charge in [-0.05, 0) is 31.9 Å². The highest BCUT2D eigenvalue weighted by Crippen LogP contribution is 2.38. The largest absolute Gasteiger partial charge is 0.452 e. The van der Waals surface area contributed by atoms with Crippen LogP contribution in [0.2, 0.25) is 0 Å². The van der Waals surface area contributed by atoms with E-state index in [-0.39, 0.29) is 23.7 Å². The predicted octanol–water partition coefficient (Wildman–Crippen LogP) is 3.33. The second kappa shape index (κ2) is 6.21. The summed E-state index contributed by atoms with van der Waals surface area (Å²) in [6.07, 6.45) is -3.75. The summed E-state index contributed by atoms with van der Waals surface area (Å²) in [5.41, 5.74) is -0.0122. The third kappa shape index (κ3) is 3.18. The summed E-state index contributed by atoms with van der Waals surface area (Å²) >= 11 is 1.06. The molecule has 1 saturated heterocycles. The number of piperidine rings is 1. The number of amides is 1. The molecule has 5 nitrogen and oxygen atoms in total. The van der Waals surface area contributed by atoms with E-state index in [9.17, 15) is 23.1 Å². The van der Waals surface area contributed by atoms with Gasteiger partial charge in [-0.1, -0.05) is 5.16 Å². The highest BCUT2D eigenvalue weighted by atomic mass is 32.1. The number of aromatic nitrogens is 1. The topological polar surface area (TPSA) is 66.6 Å². The average molecular weight is 360 g/mol. The minimum Gasteiger partial charge on any atom is -0.391 e. The molecule has 9 heteroatoms.